The van der Waals surface area contributed by atoms with E-state index in [9.17, 15) is 9.59 Å². The Morgan fingerprint density at radius 2 is 2.21 bits per heavy atom. The number of hydrogen-bond donors (Lipinski definition) is 0. The van der Waals surface area contributed by atoms with Crippen LogP contribution in [0.1, 0.15) is 25.7 Å². The second kappa shape index (κ2) is 9.20. The number of amides is 1. The van der Waals surface area contributed by atoms with Crippen molar-refractivity contribution in [2.24, 2.45) is 0 Å². The molecule has 0 aromatic heterocycles. The molecule has 1 rings (SSSR count). The van der Waals surface area contributed by atoms with Gasteiger partial charge in [0.15, 0.2) is 0 Å². The molecule has 1 aliphatic rings. The number of esters is 1. The van der Waals surface area contributed by atoms with Crippen molar-refractivity contribution in [3.05, 3.63) is 0 Å². The predicted molar refractivity (Wildman–Crippen MR) is 75.2 cm³/mol. The Labute approximate surface area is 119 Å². The highest BCUT2D eigenvalue weighted by Crippen LogP contribution is 2.14. The largest absolute Gasteiger partial charge is 0.469 e. The van der Waals surface area contributed by atoms with Crippen LogP contribution in [0, 0.1) is 0 Å². The molecule has 0 N–H and O–H groups in total. The molecule has 6 heteroatoms. The highest BCUT2D eigenvalue weighted by molar-refractivity contribution is 7.98. The average Bonchev–Trinajstić information content (AvgIpc) is 2.93. The van der Waals surface area contributed by atoms with Crippen LogP contribution in [0.15, 0.2) is 0 Å². The third-order valence-corrected chi connectivity index (χ3v) is 3.75. The van der Waals surface area contributed by atoms with Crippen LogP contribution in [0.25, 0.3) is 0 Å². The zero-order chi connectivity index (χ0) is 14.1. The molecular formula is C13H23NO4S. The molecule has 5 nitrogen and oxygen atoms in total. The van der Waals surface area contributed by atoms with E-state index in [2.05, 4.69) is 4.74 Å². The molecular weight excluding hydrogens is 266 g/mol. The molecule has 1 amide bonds. The molecule has 0 bridgehead atoms. The van der Waals surface area contributed by atoms with Gasteiger partial charge in [0.05, 0.1) is 19.6 Å². The smallest absolute Gasteiger partial charge is 0.307 e. The van der Waals surface area contributed by atoms with Crippen molar-refractivity contribution >= 4 is 23.6 Å². The molecule has 1 fully saturated rings. The van der Waals surface area contributed by atoms with Gasteiger partial charge in [-0.25, -0.2) is 0 Å². The van der Waals surface area contributed by atoms with Crippen LogP contribution in [-0.2, 0) is 19.1 Å². The summed E-state index contributed by atoms with van der Waals surface area (Å²) >= 11 is 1.65. The maximum atomic E-state index is 12.1. The molecule has 1 aliphatic heterocycles. The summed E-state index contributed by atoms with van der Waals surface area (Å²) in [5, 5.41) is 0. The summed E-state index contributed by atoms with van der Waals surface area (Å²) in [5.74, 6) is 0.614. The lowest BCUT2D eigenvalue weighted by atomic mass is 10.2. The van der Waals surface area contributed by atoms with E-state index >= 15 is 0 Å². The third kappa shape index (κ3) is 6.29. The van der Waals surface area contributed by atoms with Crippen molar-refractivity contribution in [3.63, 3.8) is 0 Å². The Kier molecular flexibility index (Phi) is 7.90. The summed E-state index contributed by atoms with van der Waals surface area (Å²) < 4.78 is 10.2. The van der Waals surface area contributed by atoms with E-state index in [0.717, 1.165) is 25.2 Å². The van der Waals surface area contributed by atoms with E-state index in [1.807, 2.05) is 6.26 Å². The molecule has 1 heterocycles. The standard InChI is InChI=1S/C13H23NO4S/c1-17-13(16)5-7-14(12(15)6-9-19-2)10-11-4-3-8-18-11/h11H,3-10H2,1-2H3. The minimum absolute atomic E-state index is 0.0914. The van der Waals surface area contributed by atoms with E-state index in [0.29, 0.717) is 19.5 Å². The molecule has 110 valence electrons. The van der Waals surface area contributed by atoms with Crippen LogP contribution in [-0.4, -0.2) is 61.7 Å². The quantitative estimate of drug-likeness (QED) is 0.631. The van der Waals surface area contributed by atoms with E-state index in [-0.39, 0.29) is 24.4 Å². The first-order valence-corrected chi connectivity index (χ1v) is 8.02. The van der Waals surface area contributed by atoms with Gasteiger partial charge in [0, 0.05) is 31.9 Å². The summed E-state index contributed by atoms with van der Waals surface area (Å²) in [6.45, 7) is 1.78. The van der Waals surface area contributed by atoms with Crippen molar-refractivity contribution in [1.29, 1.82) is 0 Å². The highest BCUT2D eigenvalue weighted by atomic mass is 32.2. The fourth-order valence-electron chi connectivity index (χ4n) is 2.03. The van der Waals surface area contributed by atoms with Gasteiger partial charge in [-0.1, -0.05) is 0 Å². The summed E-state index contributed by atoms with van der Waals surface area (Å²) in [4.78, 5) is 25.0. The normalized spacial score (nSPS) is 18.3. The highest BCUT2D eigenvalue weighted by Gasteiger charge is 2.22. The van der Waals surface area contributed by atoms with Gasteiger partial charge in [0.25, 0.3) is 0 Å². The average molecular weight is 289 g/mol. The van der Waals surface area contributed by atoms with E-state index in [1.165, 1.54) is 7.11 Å². The Morgan fingerprint density at radius 3 is 2.79 bits per heavy atom. The van der Waals surface area contributed by atoms with Crippen molar-refractivity contribution in [3.8, 4) is 0 Å². The number of ether oxygens (including phenoxy) is 2. The lowest BCUT2D eigenvalue weighted by Gasteiger charge is -2.25. The second-order valence-corrected chi connectivity index (χ2v) is 5.53. The molecule has 0 aromatic carbocycles. The van der Waals surface area contributed by atoms with Crippen LogP contribution >= 0.6 is 11.8 Å². The van der Waals surface area contributed by atoms with Gasteiger partial charge in [0.1, 0.15) is 0 Å². The van der Waals surface area contributed by atoms with Crippen molar-refractivity contribution in [2.75, 3.05) is 38.8 Å². The van der Waals surface area contributed by atoms with Gasteiger partial charge in [-0.05, 0) is 19.1 Å². The fraction of sp³-hybridized carbons (Fsp3) is 0.846. The van der Waals surface area contributed by atoms with Crippen LogP contribution < -0.4 is 0 Å². The van der Waals surface area contributed by atoms with Crippen molar-refractivity contribution < 1.29 is 19.1 Å². The second-order valence-electron chi connectivity index (χ2n) is 4.54. The lowest BCUT2D eigenvalue weighted by molar-refractivity contribution is -0.142. The van der Waals surface area contributed by atoms with Gasteiger partial charge in [-0.3, -0.25) is 9.59 Å². The number of hydrogen-bond acceptors (Lipinski definition) is 5. The molecule has 0 saturated carbocycles. The molecule has 0 aliphatic carbocycles. The van der Waals surface area contributed by atoms with Gasteiger partial charge in [0.2, 0.25) is 5.91 Å². The number of carbonyl (C=O) groups excluding carboxylic acids is 2. The SMILES string of the molecule is COC(=O)CCN(CC1CCCO1)C(=O)CCSC. The predicted octanol–water partition coefficient (Wildman–Crippen LogP) is 1.31. The summed E-state index contributed by atoms with van der Waals surface area (Å²) in [5.41, 5.74) is 0. The minimum Gasteiger partial charge on any atom is -0.469 e. The van der Waals surface area contributed by atoms with Gasteiger partial charge in [-0.2, -0.15) is 11.8 Å². The van der Waals surface area contributed by atoms with Crippen LogP contribution in [0.3, 0.4) is 0 Å². The molecule has 0 spiro atoms. The zero-order valence-corrected chi connectivity index (χ0v) is 12.5. The Morgan fingerprint density at radius 1 is 1.42 bits per heavy atom. The maximum Gasteiger partial charge on any atom is 0.307 e. The van der Waals surface area contributed by atoms with E-state index < -0.39 is 0 Å². The molecule has 19 heavy (non-hydrogen) atoms. The van der Waals surface area contributed by atoms with Crippen LogP contribution in [0.5, 0.6) is 0 Å². The number of carbonyl (C=O) groups is 2. The summed E-state index contributed by atoms with van der Waals surface area (Å²) in [6, 6.07) is 0. The lowest BCUT2D eigenvalue weighted by Crippen LogP contribution is -2.39. The monoisotopic (exact) mass is 289 g/mol. The van der Waals surface area contributed by atoms with Gasteiger partial charge >= 0.3 is 5.97 Å². The first kappa shape index (κ1) is 16.3. The Hall–Kier alpha value is -0.750. The molecule has 0 radical (unpaired) electrons. The zero-order valence-electron chi connectivity index (χ0n) is 11.7. The number of rotatable bonds is 8. The third-order valence-electron chi connectivity index (χ3n) is 3.13. The molecule has 1 atom stereocenters. The summed E-state index contributed by atoms with van der Waals surface area (Å²) in [6.07, 6.45) is 4.89. The van der Waals surface area contributed by atoms with Crippen LogP contribution in [0.4, 0.5) is 0 Å². The first-order chi connectivity index (χ1) is 9.17. The topological polar surface area (TPSA) is 55.8 Å². The Balaban J connectivity index is 2.45. The first-order valence-electron chi connectivity index (χ1n) is 6.62. The number of thioether (sulfide) groups is 1. The fourth-order valence-corrected chi connectivity index (χ4v) is 2.41. The molecule has 1 saturated heterocycles. The van der Waals surface area contributed by atoms with Gasteiger partial charge in [-0.15, -0.1) is 0 Å². The maximum absolute atomic E-state index is 12.1. The van der Waals surface area contributed by atoms with Crippen LogP contribution in [0.2, 0.25) is 0 Å². The van der Waals surface area contributed by atoms with Crippen molar-refractivity contribution in [1.82, 2.24) is 4.90 Å². The number of nitrogens with zero attached hydrogens (tertiary/aromatic N) is 1. The van der Waals surface area contributed by atoms with Crippen molar-refractivity contribution in [2.45, 2.75) is 31.8 Å². The Bertz CT molecular complexity index is 292. The summed E-state index contributed by atoms with van der Waals surface area (Å²) in [7, 11) is 1.36. The minimum atomic E-state index is -0.282. The van der Waals surface area contributed by atoms with E-state index in [4.69, 9.17) is 4.74 Å². The van der Waals surface area contributed by atoms with Gasteiger partial charge < -0.3 is 14.4 Å². The van der Waals surface area contributed by atoms with E-state index in [1.54, 1.807) is 16.7 Å². The molecule has 1 unspecified atom stereocenters. The number of methoxy groups -OCH3 is 1. The molecule has 0 aromatic rings.